The largest absolute Gasteiger partial charge is 0.493 e. The molecule has 4 heteroatoms. The van der Waals surface area contributed by atoms with E-state index >= 15 is 0 Å². The number of unbranched alkanes of at least 4 members (excludes halogenated alkanes) is 1. The van der Waals surface area contributed by atoms with Crippen LogP contribution in [-0.2, 0) is 4.74 Å². The molecule has 1 aromatic rings. The van der Waals surface area contributed by atoms with Crippen molar-refractivity contribution < 1.29 is 14.3 Å². The summed E-state index contributed by atoms with van der Waals surface area (Å²) in [5.41, 5.74) is 0.567. The number of carbonyl (C=O) groups excluding carboxylic acids is 1. The van der Waals surface area contributed by atoms with E-state index in [0.29, 0.717) is 17.9 Å². The van der Waals surface area contributed by atoms with Crippen LogP contribution in [0.15, 0.2) is 22.7 Å². The van der Waals surface area contributed by atoms with Gasteiger partial charge in [0.1, 0.15) is 12.4 Å². The highest BCUT2D eigenvalue weighted by atomic mass is 79.9. The van der Waals surface area contributed by atoms with Crippen molar-refractivity contribution >= 4 is 21.7 Å². The van der Waals surface area contributed by atoms with Crippen LogP contribution in [-0.4, -0.2) is 26.1 Å². The number of Topliss-reactive ketones (excluding diaryl/α,β-unsaturated/α-hetero) is 1. The maximum atomic E-state index is 11.8. The van der Waals surface area contributed by atoms with Crippen molar-refractivity contribution in [1.82, 2.24) is 0 Å². The zero-order chi connectivity index (χ0) is 12.7. The monoisotopic (exact) mass is 300 g/mol. The number of ether oxygens (including phenoxy) is 2. The van der Waals surface area contributed by atoms with Crippen molar-refractivity contribution in [3.63, 3.8) is 0 Å². The van der Waals surface area contributed by atoms with Crippen LogP contribution < -0.4 is 4.74 Å². The first kappa shape index (κ1) is 14.2. The van der Waals surface area contributed by atoms with Gasteiger partial charge in [0.2, 0.25) is 0 Å². The number of hydrogen-bond acceptors (Lipinski definition) is 3. The van der Waals surface area contributed by atoms with Gasteiger partial charge in [-0.1, -0.05) is 29.3 Å². The second kappa shape index (κ2) is 7.45. The van der Waals surface area contributed by atoms with E-state index in [4.69, 9.17) is 9.47 Å². The normalized spacial score (nSPS) is 10.3. The van der Waals surface area contributed by atoms with Crippen molar-refractivity contribution in [2.75, 3.05) is 20.3 Å². The van der Waals surface area contributed by atoms with Crippen LogP contribution in [0.1, 0.15) is 30.1 Å². The highest BCUT2D eigenvalue weighted by Gasteiger charge is 2.12. The van der Waals surface area contributed by atoms with Gasteiger partial charge in [0.05, 0.1) is 12.2 Å². The zero-order valence-corrected chi connectivity index (χ0v) is 11.7. The van der Waals surface area contributed by atoms with E-state index < -0.39 is 0 Å². The van der Waals surface area contributed by atoms with Crippen molar-refractivity contribution in [2.24, 2.45) is 0 Å². The van der Waals surface area contributed by atoms with Gasteiger partial charge in [0.25, 0.3) is 0 Å². The summed E-state index contributed by atoms with van der Waals surface area (Å²) in [6, 6.07) is 5.44. The maximum absolute atomic E-state index is 11.8. The Morgan fingerprint density at radius 2 is 2.18 bits per heavy atom. The number of carbonyl (C=O) groups is 1. The Balaban J connectivity index is 2.83. The molecule has 0 heterocycles. The first-order valence-corrected chi connectivity index (χ1v) is 6.42. The molecule has 1 aromatic carbocycles. The molecule has 0 aliphatic rings. The lowest BCUT2D eigenvalue weighted by molar-refractivity contribution is 0.0844. The molecule has 0 fully saturated rings. The predicted octanol–water partition coefficient (Wildman–Crippen LogP) is 3.46. The molecular formula is C13H17BrO3. The molecule has 0 aromatic heterocycles. The molecule has 0 unspecified atom stereocenters. The summed E-state index contributed by atoms with van der Waals surface area (Å²) >= 11 is 3.35. The molecule has 3 nitrogen and oxygen atoms in total. The van der Waals surface area contributed by atoms with Gasteiger partial charge in [-0.25, -0.2) is 0 Å². The van der Waals surface area contributed by atoms with E-state index in [-0.39, 0.29) is 12.4 Å². The van der Waals surface area contributed by atoms with E-state index in [0.717, 1.165) is 17.3 Å². The van der Waals surface area contributed by atoms with Crippen LogP contribution in [0.4, 0.5) is 0 Å². The standard InChI is InChI=1S/C13H17BrO3/c1-3-4-7-17-13-6-5-10(14)8-11(13)12(15)9-16-2/h5-6,8H,3-4,7,9H2,1-2H3. The third kappa shape index (κ3) is 4.48. The van der Waals surface area contributed by atoms with Gasteiger partial charge in [0.15, 0.2) is 5.78 Å². The number of benzene rings is 1. The Hall–Kier alpha value is -0.870. The van der Waals surface area contributed by atoms with Gasteiger partial charge in [-0.05, 0) is 24.6 Å². The summed E-state index contributed by atoms with van der Waals surface area (Å²) in [5, 5.41) is 0. The molecule has 0 aliphatic heterocycles. The Morgan fingerprint density at radius 3 is 2.82 bits per heavy atom. The van der Waals surface area contributed by atoms with Crippen LogP contribution in [0.25, 0.3) is 0 Å². The number of ketones is 1. The molecule has 0 N–H and O–H groups in total. The molecule has 94 valence electrons. The summed E-state index contributed by atoms with van der Waals surface area (Å²) in [5.74, 6) is 0.559. The van der Waals surface area contributed by atoms with Crippen molar-refractivity contribution in [3.8, 4) is 5.75 Å². The van der Waals surface area contributed by atoms with E-state index in [9.17, 15) is 4.79 Å². The van der Waals surface area contributed by atoms with E-state index in [1.165, 1.54) is 7.11 Å². The van der Waals surface area contributed by atoms with Crippen molar-refractivity contribution in [2.45, 2.75) is 19.8 Å². The third-order valence-corrected chi connectivity index (χ3v) is 2.77. The fraction of sp³-hybridized carbons (Fsp3) is 0.462. The van der Waals surface area contributed by atoms with Gasteiger partial charge in [-0.15, -0.1) is 0 Å². The average molecular weight is 301 g/mol. The first-order chi connectivity index (χ1) is 8.19. The highest BCUT2D eigenvalue weighted by molar-refractivity contribution is 9.10. The summed E-state index contributed by atoms with van der Waals surface area (Å²) in [4.78, 5) is 11.8. The lowest BCUT2D eigenvalue weighted by Gasteiger charge is -2.10. The van der Waals surface area contributed by atoms with Gasteiger partial charge in [-0.3, -0.25) is 4.79 Å². The van der Waals surface area contributed by atoms with Gasteiger partial charge in [0, 0.05) is 11.6 Å². The summed E-state index contributed by atoms with van der Waals surface area (Å²) in [6.07, 6.45) is 2.05. The number of halogens is 1. The minimum Gasteiger partial charge on any atom is -0.493 e. The minimum atomic E-state index is -0.0692. The van der Waals surface area contributed by atoms with Crippen LogP contribution in [0.3, 0.4) is 0 Å². The quantitative estimate of drug-likeness (QED) is 0.571. The summed E-state index contributed by atoms with van der Waals surface area (Å²) in [7, 11) is 1.51. The molecule has 0 saturated heterocycles. The second-order valence-electron chi connectivity index (χ2n) is 3.70. The second-order valence-corrected chi connectivity index (χ2v) is 4.61. The minimum absolute atomic E-state index is 0.0692. The Kier molecular flexibility index (Phi) is 6.22. The van der Waals surface area contributed by atoms with Crippen molar-refractivity contribution in [1.29, 1.82) is 0 Å². The predicted molar refractivity (Wildman–Crippen MR) is 70.8 cm³/mol. The van der Waals surface area contributed by atoms with Crippen LogP contribution in [0.5, 0.6) is 5.75 Å². The number of methoxy groups -OCH3 is 1. The third-order valence-electron chi connectivity index (χ3n) is 2.27. The maximum Gasteiger partial charge on any atom is 0.192 e. The average Bonchev–Trinajstić information content (AvgIpc) is 2.31. The van der Waals surface area contributed by atoms with E-state index in [1.54, 1.807) is 6.07 Å². The zero-order valence-electron chi connectivity index (χ0n) is 10.2. The smallest absolute Gasteiger partial charge is 0.192 e. The topological polar surface area (TPSA) is 35.5 Å². The molecule has 17 heavy (non-hydrogen) atoms. The highest BCUT2D eigenvalue weighted by Crippen LogP contribution is 2.24. The van der Waals surface area contributed by atoms with Gasteiger partial charge < -0.3 is 9.47 Å². The Bertz CT molecular complexity index is 377. The fourth-order valence-corrected chi connectivity index (χ4v) is 1.74. The SMILES string of the molecule is CCCCOc1ccc(Br)cc1C(=O)COC. The summed E-state index contributed by atoms with van der Waals surface area (Å²) in [6.45, 7) is 2.80. The molecular weight excluding hydrogens is 284 g/mol. The van der Waals surface area contributed by atoms with Gasteiger partial charge >= 0.3 is 0 Å². The van der Waals surface area contributed by atoms with E-state index in [2.05, 4.69) is 22.9 Å². The lowest BCUT2D eigenvalue weighted by Crippen LogP contribution is -2.10. The molecule has 0 saturated carbocycles. The van der Waals surface area contributed by atoms with E-state index in [1.807, 2.05) is 12.1 Å². The van der Waals surface area contributed by atoms with Crippen molar-refractivity contribution in [3.05, 3.63) is 28.2 Å². The van der Waals surface area contributed by atoms with Gasteiger partial charge in [-0.2, -0.15) is 0 Å². The molecule has 0 radical (unpaired) electrons. The lowest BCUT2D eigenvalue weighted by atomic mass is 10.1. The Labute approximate surface area is 110 Å². The molecule has 0 aliphatic carbocycles. The molecule has 0 spiro atoms. The van der Waals surface area contributed by atoms with Crippen LogP contribution >= 0.6 is 15.9 Å². The molecule has 0 atom stereocenters. The fourth-order valence-electron chi connectivity index (χ4n) is 1.38. The van der Waals surface area contributed by atoms with Crippen LogP contribution in [0.2, 0.25) is 0 Å². The summed E-state index contributed by atoms with van der Waals surface area (Å²) < 4.78 is 11.3. The Morgan fingerprint density at radius 1 is 1.41 bits per heavy atom. The molecule has 0 bridgehead atoms. The number of rotatable bonds is 7. The molecule has 0 amide bonds. The first-order valence-electron chi connectivity index (χ1n) is 5.63. The number of hydrogen-bond donors (Lipinski definition) is 0. The molecule has 1 rings (SSSR count). The van der Waals surface area contributed by atoms with Crippen LogP contribution in [0, 0.1) is 0 Å².